The van der Waals surface area contributed by atoms with Crippen LogP contribution < -0.4 is 4.89 Å². The van der Waals surface area contributed by atoms with Crippen LogP contribution in [0.1, 0.15) is 27.7 Å². The molecular weight excluding hydrogens is 255 g/mol. The lowest BCUT2D eigenvalue weighted by atomic mass is 10.4. The zero-order valence-corrected chi connectivity index (χ0v) is 12.4. The molecule has 7 heteroatoms. The van der Waals surface area contributed by atoms with Crippen molar-refractivity contribution in [2.75, 3.05) is 26.3 Å². The molecule has 0 saturated heterocycles. The molecule has 0 atom stereocenters. The van der Waals surface area contributed by atoms with Crippen molar-refractivity contribution >= 4 is 14.2 Å². The van der Waals surface area contributed by atoms with E-state index >= 15 is 0 Å². The lowest BCUT2D eigenvalue weighted by Gasteiger charge is -2.23. The molecule has 1 aliphatic rings. The SMILES string of the molecule is CCOP(=O)([O-])OCC.CC[N+]1(CC)C=CN=C1. The van der Waals surface area contributed by atoms with Gasteiger partial charge >= 0.3 is 0 Å². The second-order valence-corrected chi connectivity index (χ2v) is 4.99. The van der Waals surface area contributed by atoms with E-state index in [-0.39, 0.29) is 13.2 Å². The summed E-state index contributed by atoms with van der Waals surface area (Å²) in [5, 5.41) is 0. The molecule has 18 heavy (non-hydrogen) atoms. The van der Waals surface area contributed by atoms with E-state index in [1.807, 2.05) is 12.5 Å². The van der Waals surface area contributed by atoms with Crippen molar-refractivity contribution in [1.29, 1.82) is 0 Å². The van der Waals surface area contributed by atoms with Gasteiger partial charge in [-0.05, 0) is 27.7 Å². The first kappa shape index (κ1) is 17.5. The van der Waals surface area contributed by atoms with Crippen LogP contribution in [0, 0.1) is 0 Å². The zero-order chi connectivity index (χ0) is 14.1. The molecular formula is C11H23N2O4P. The standard InChI is InChI=1S/C7H13N2.C4H11O4P/c1-3-9(4-2)6-5-8-7-9;1-3-7-9(5,6)8-4-2/h5-7H,3-4H2,1-2H3;3-4H2,1-2H3,(H,5,6)/q+1;/p-1. The van der Waals surface area contributed by atoms with E-state index in [2.05, 4.69) is 34.1 Å². The Morgan fingerprint density at radius 2 is 1.67 bits per heavy atom. The first-order valence-electron chi connectivity index (χ1n) is 6.13. The molecule has 0 aromatic rings. The van der Waals surface area contributed by atoms with E-state index in [4.69, 9.17) is 0 Å². The number of hydrogen-bond donors (Lipinski definition) is 0. The Kier molecular flexibility index (Phi) is 8.31. The van der Waals surface area contributed by atoms with E-state index in [0.717, 1.165) is 17.6 Å². The maximum absolute atomic E-state index is 10.4. The quantitative estimate of drug-likeness (QED) is 0.549. The summed E-state index contributed by atoms with van der Waals surface area (Å²) >= 11 is 0. The van der Waals surface area contributed by atoms with Gasteiger partial charge in [-0.2, -0.15) is 0 Å². The summed E-state index contributed by atoms with van der Waals surface area (Å²) in [5.41, 5.74) is 0. The highest BCUT2D eigenvalue weighted by atomic mass is 31.2. The second-order valence-electron chi connectivity index (χ2n) is 3.58. The van der Waals surface area contributed by atoms with Crippen LogP contribution in [0.15, 0.2) is 17.4 Å². The Hall–Kier alpha value is -0.520. The van der Waals surface area contributed by atoms with Crippen LogP contribution >= 0.6 is 7.82 Å². The van der Waals surface area contributed by atoms with Crippen LogP contribution in [-0.4, -0.2) is 37.1 Å². The smallest absolute Gasteiger partial charge is 0.267 e. The molecule has 0 aliphatic carbocycles. The third kappa shape index (κ3) is 6.42. The fourth-order valence-corrected chi connectivity index (χ4v) is 2.04. The van der Waals surface area contributed by atoms with Gasteiger partial charge in [0.15, 0.2) is 6.34 Å². The minimum Gasteiger partial charge on any atom is -0.756 e. The topological polar surface area (TPSA) is 71.0 Å². The Labute approximate surface area is 109 Å². The monoisotopic (exact) mass is 278 g/mol. The molecule has 1 heterocycles. The highest BCUT2D eigenvalue weighted by Crippen LogP contribution is 2.37. The molecule has 6 nitrogen and oxygen atoms in total. The van der Waals surface area contributed by atoms with Crippen LogP contribution in [-0.2, 0) is 13.6 Å². The average Bonchev–Trinajstić information content (AvgIpc) is 2.79. The molecule has 1 aliphatic heterocycles. The van der Waals surface area contributed by atoms with Gasteiger partial charge in [-0.3, -0.25) is 9.05 Å². The molecule has 0 amide bonds. The van der Waals surface area contributed by atoms with Crippen LogP contribution in [0.5, 0.6) is 0 Å². The fourth-order valence-electron chi connectivity index (χ4n) is 1.33. The molecule has 0 bridgehead atoms. The van der Waals surface area contributed by atoms with Gasteiger partial charge in [0.1, 0.15) is 6.20 Å². The maximum atomic E-state index is 10.4. The fraction of sp³-hybridized carbons (Fsp3) is 0.727. The van der Waals surface area contributed by atoms with Gasteiger partial charge in [0.25, 0.3) is 7.82 Å². The van der Waals surface area contributed by atoms with E-state index < -0.39 is 7.82 Å². The van der Waals surface area contributed by atoms with Crippen LogP contribution in [0.4, 0.5) is 0 Å². The molecule has 1 rings (SSSR count). The van der Waals surface area contributed by atoms with E-state index in [0.29, 0.717) is 0 Å². The number of quaternary nitrogens is 1. The summed E-state index contributed by atoms with van der Waals surface area (Å²) in [6.07, 6.45) is 5.98. The summed E-state index contributed by atoms with van der Waals surface area (Å²) < 4.78 is 19.8. The molecule has 0 fully saturated rings. The minimum atomic E-state index is -3.94. The van der Waals surface area contributed by atoms with Gasteiger partial charge in [-0.25, -0.2) is 4.99 Å². The molecule has 0 N–H and O–H groups in total. The molecule has 106 valence electrons. The molecule has 0 unspecified atom stereocenters. The van der Waals surface area contributed by atoms with Crippen molar-refractivity contribution < 1.29 is 23.0 Å². The molecule has 0 spiro atoms. The lowest BCUT2D eigenvalue weighted by molar-refractivity contribution is -0.774. The summed E-state index contributed by atoms with van der Waals surface area (Å²) in [6.45, 7) is 9.98. The zero-order valence-electron chi connectivity index (χ0n) is 11.5. The Bertz CT molecular complexity index is 303. The number of phosphoric ester groups is 1. The number of aliphatic imine (C=N–C) groups is 1. The van der Waals surface area contributed by atoms with E-state index in [1.165, 1.54) is 0 Å². The highest BCUT2D eigenvalue weighted by Gasteiger charge is 2.19. The summed E-state index contributed by atoms with van der Waals surface area (Å²) in [6, 6.07) is 0. The Balaban J connectivity index is 0.000000321. The predicted molar refractivity (Wildman–Crippen MR) is 69.8 cm³/mol. The van der Waals surface area contributed by atoms with Gasteiger partial charge in [-0.15, -0.1) is 0 Å². The van der Waals surface area contributed by atoms with Gasteiger partial charge in [-0.1, -0.05) is 0 Å². The third-order valence-electron chi connectivity index (χ3n) is 2.50. The summed E-state index contributed by atoms with van der Waals surface area (Å²) in [7, 11) is -3.94. The van der Waals surface area contributed by atoms with Gasteiger partial charge in [0.2, 0.25) is 0 Å². The van der Waals surface area contributed by atoms with Crippen molar-refractivity contribution in [1.82, 2.24) is 0 Å². The first-order chi connectivity index (χ1) is 8.45. The summed E-state index contributed by atoms with van der Waals surface area (Å²) in [4.78, 5) is 14.5. The van der Waals surface area contributed by atoms with Gasteiger partial charge in [0.05, 0.1) is 32.5 Å². The van der Waals surface area contributed by atoms with Crippen LogP contribution in [0.25, 0.3) is 0 Å². The number of phosphoric acid groups is 1. The van der Waals surface area contributed by atoms with Crippen molar-refractivity contribution in [3.8, 4) is 0 Å². The minimum absolute atomic E-state index is 0.126. The maximum Gasteiger partial charge on any atom is 0.267 e. The number of rotatable bonds is 6. The lowest BCUT2D eigenvalue weighted by Crippen LogP contribution is -2.38. The second kappa shape index (κ2) is 8.56. The Morgan fingerprint density at radius 3 is 1.89 bits per heavy atom. The molecule has 0 aromatic heterocycles. The van der Waals surface area contributed by atoms with Gasteiger partial charge in [0, 0.05) is 0 Å². The van der Waals surface area contributed by atoms with Gasteiger partial charge < -0.3 is 13.9 Å². The van der Waals surface area contributed by atoms with Crippen molar-refractivity contribution in [3.63, 3.8) is 0 Å². The predicted octanol–water partition coefficient (Wildman–Crippen LogP) is 1.88. The number of hydrogen-bond acceptors (Lipinski definition) is 5. The van der Waals surface area contributed by atoms with E-state index in [9.17, 15) is 9.46 Å². The molecule has 0 radical (unpaired) electrons. The Morgan fingerprint density at radius 1 is 1.17 bits per heavy atom. The van der Waals surface area contributed by atoms with Crippen molar-refractivity contribution in [3.05, 3.63) is 12.4 Å². The summed E-state index contributed by atoms with van der Waals surface area (Å²) in [5.74, 6) is 0. The van der Waals surface area contributed by atoms with Crippen LogP contribution in [0.3, 0.4) is 0 Å². The number of nitrogens with zero attached hydrogens (tertiary/aromatic N) is 2. The molecule has 0 aromatic carbocycles. The third-order valence-corrected chi connectivity index (χ3v) is 3.65. The van der Waals surface area contributed by atoms with Crippen molar-refractivity contribution in [2.24, 2.45) is 4.99 Å². The largest absolute Gasteiger partial charge is 0.756 e. The first-order valence-corrected chi connectivity index (χ1v) is 7.60. The molecule has 0 saturated carbocycles. The van der Waals surface area contributed by atoms with E-state index in [1.54, 1.807) is 13.8 Å². The van der Waals surface area contributed by atoms with Crippen LogP contribution in [0.2, 0.25) is 0 Å². The normalized spacial score (nSPS) is 16.5. The van der Waals surface area contributed by atoms with Crippen molar-refractivity contribution in [2.45, 2.75) is 27.7 Å². The highest BCUT2D eigenvalue weighted by molar-refractivity contribution is 7.45. The average molecular weight is 278 g/mol.